The molecule has 10 rings (SSSR count). The Balaban J connectivity index is 1.22. The molecule has 0 saturated carbocycles. The molecule has 0 aliphatic rings. The quantitative estimate of drug-likeness (QED) is 0.149. The van der Waals surface area contributed by atoms with Crippen LogP contribution in [0.3, 0.4) is 0 Å². The second kappa shape index (κ2) is 9.40. The van der Waals surface area contributed by atoms with Crippen molar-refractivity contribution in [1.29, 1.82) is 0 Å². The summed E-state index contributed by atoms with van der Waals surface area (Å²) in [5.41, 5.74) is 5.59. The maximum absolute atomic E-state index is 14.0. The van der Waals surface area contributed by atoms with Crippen molar-refractivity contribution in [2.75, 3.05) is 0 Å². The van der Waals surface area contributed by atoms with Crippen LogP contribution in [0.15, 0.2) is 161 Å². The molecule has 0 amide bonds. The third kappa shape index (κ3) is 3.57. The van der Waals surface area contributed by atoms with E-state index in [1.165, 1.54) is 37.9 Å². The zero-order chi connectivity index (χ0) is 30.4. The smallest absolute Gasteiger partial charge is 0.263 e. The van der Waals surface area contributed by atoms with Crippen LogP contribution in [-0.4, -0.2) is 4.57 Å². The summed E-state index contributed by atoms with van der Waals surface area (Å²) < 4.78 is 8.17. The lowest BCUT2D eigenvalue weighted by Crippen LogP contribution is -2.19. The van der Waals surface area contributed by atoms with E-state index < -0.39 is 0 Å². The van der Waals surface area contributed by atoms with Gasteiger partial charge in [-0.3, -0.25) is 9.36 Å². The Morgan fingerprint density at radius 3 is 1.83 bits per heavy atom. The van der Waals surface area contributed by atoms with Crippen LogP contribution in [0.1, 0.15) is 0 Å². The number of hydrogen-bond donors (Lipinski definition) is 0. The van der Waals surface area contributed by atoms with Crippen LogP contribution in [0.2, 0.25) is 0 Å². The first-order chi connectivity index (χ1) is 22.7. The summed E-state index contributed by atoms with van der Waals surface area (Å²) in [5, 5.41) is 12.1. The van der Waals surface area contributed by atoms with Gasteiger partial charge >= 0.3 is 0 Å². The van der Waals surface area contributed by atoms with Crippen LogP contribution in [0, 0.1) is 0 Å². The molecule has 0 aliphatic heterocycles. The summed E-state index contributed by atoms with van der Waals surface area (Å²) in [7, 11) is 0. The second-order valence-corrected chi connectivity index (χ2v) is 12.1. The average molecular weight is 588 g/mol. The number of pyridine rings is 1. The first-order valence-corrected chi connectivity index (χ1v) is 15.6. The van der Waals surface area contributed by atoms with Gasteiger partial charge in [-0.1, -0.05) is 91.0 Å². The number of benzene rings is 8. The molecule has 2 aromatic heterocycles. The Kier molecular flexibility index (Phi) is 5.15. The van der Waals surface area contributed by atoms with E-state index in [9.17, 15) is 4.79 Å². The summed E-state index contributed by atoms with van der Waals surface area (Å²) >= 11 is 0. The minimum absolute atomic E-state index is 0.0303. The number of furan rings is 1. The molecule has 0 unspecified atom stereocenters. The fourth-order valence-electron chi connectivity index (χ4n) is 7.39. The largest absolute Gasteiger partial charge is 0.456 e. The summed E-state index contributed by atoms with van der Waals surface area (Å²) in [4.78, 5) is 14.0. The summed E-state index contributed by atoms with van der Waals surface area (Å²) in [5.74, 6) is 0. The van der Waals surface area contributed by atoms with E-state index >= 15 is 0 Å². The average Bonchev–Trinajstić information content (AvgIpc) is 3.48. The molecule has 3 nitrogen and oxygen atoms in total. The number of aromatic nitrogens is 1. The summed E-state index contributed by atoms with van der Waals surface area (Å²) in [6.45, 7) is 0. The molecule has 0 N–H and O–H groups in total. The van der Waals surface area contributed by atoms with Crippen molar-refractivity contribution in [1.82, 2.24) is 4.57 Å². The van der Waals surface area contributed by atoms with Gasteiger partial charge < -0.3 is 4.42 Å². The van der Waals surface area contributed by atoms with E-state index in [1.807, 2.05) is 59.2 Å². The van der Waals surface area contributed by atoms with E-state index in [1.54, 1.807) is 0 Å². The molecule has 10 aromatic rings. The number of para-hydroxylation sites is 1. The van der Waals surface area contributed by atoms with Crippen LogP contribution in [-0.2, 0) is 0 Å². The number of fused-ring (bicyclic) bond motifs is 10. The molecule has 3 heteroatoms. The minimum Gasteiger partial charge on any atom is -0.456 e. The molecular weight excluding hydrogens is 562 g/mol. The lowest BCUT2D eigenvalue weighted by atomic mass is 9.91. The van der Waals surface area contributed by atoms with Crippen LogP contribution < -0.4 is 5.56 Å². The Morgan fingerprint density at radius 1 is 0.413 bits per heavy atom. The summed E-state index contributed by atoms with van der Waals surface area (Å²) in [6, 6.07) is 52.6. The van der Waals surface area contributed by atoms with E-state index in [0.29, 0.717) is 5.39 Å². The van der Waals surface area contributed by atoms with Gasteiger partial charge in [0.1, 0.15) is 11.2 Å². The van der Waals surface area contributed by atoms with Gasteiger partial charge in [0.2, 0.25) is 0 Å². The zero-order valence-corrected chi connectivity index (χ0v) is 24.7. The number of rotatable bonds is 2. The zero-order valence-electron chi connectivity index (χ0n) is 24.7. The molecule has 2 heterocycles. The van der Waals surface area contributed by atoms with Gasteiger partial charge in [-0.05, 0) is 109 Å². The monoisotopic (exact) mass is 587 g/mol. The van der Waals surface area contributed by atoms with Gasteiger partial charge in [-0.25, -0.2) is 0 Å². The third-order valence-corrected chi connectivity index (χ3v) is 9.54. The molecule has 0 fully saturated rings. The Bertz CT molecular complexity index is 2950. The third-order valence-electron chi connectivity index (χ3n) is 9.54. The van der Waals surface area contributed by atoms with E-state index in [0.717, 1.165) is 49.5 Å². The molecule has 8 aromatic carbocycles. The van der Waals surface area contributed by atoms with Gasteiger partial charge in [0.25, 0.3) is 5.56 Å². The van der Waals surface area contributed by atoms with Crippen LogP contribution in [0.5, 0.6) is 0 Å². The lowest BCUT2D eigenvalue weighted by Gasteiger charge is -2.13. The van der Waals surface area contributed by atoms with Gasteiger partial charge in [0.15, 0.2) is 0 Å². The van der Waals surface area contributed by atoms with Crippen molar-refractivity contribution < 1.29 is 4.42 Å². The molecule has 0 atom stereocenters. The van der Waals surface area contributed by atoms with Gasteiger partial charge in [-0.2, -0.15) is 0 Å². The van der Waals surface area contributed by atoms with Gasteiger partial charge in [0, 0.05) is 21.5 Å². The molecular formula is C43H25NO2. The molecule has 214 valence electrons. The van der Waals surface area contributed by atoms with Gasteiger partial charge in [-0.15, -0.1) is 0 Å². The SMILES string of the molecule is O=c1c2ccccc2c2ccccc2n1-c1ccc2oc3ccc(-c4cc5cc6ccccc6cc5c5ccccc45)cc3c2c1. The fraction of sp³-hybridized carbons (Fsp3) is 0. The van der Waals surface area contributed by atoms with Crippen molar-refractivity contribution in [2.45, 2.75) is 0 Å². The van der Waals surface area contributed by atoms with Crippen LogP contribution in [0.4, 0.5) is 0 Å². The number of nitrogens with zero attached hydrogens (tertiary/aromatic N) is 1. The molecule has 0 radical (unpaired) electrons. The van der Waals surface area contributed by atoms with Gasteiger partial charge in [0.05, 0.1) is 11.2 Å². The highest BCUT2D eigenvalue weighted by atomic mass is 16.3. The highest BCUT2D eigenvalue weighted by molar-refractivity contribution is 6.18. The Labute approximate surface area is 263 Å². The van der Waals surface area contributed by atoms with Crippen molar-refractivity contribution >= 4 is 75.9 Å². The maximum atomic E-state index is 14.0. The van der Waals surface area contributed by atoms with Crippen LogP contribution >= 0.6 is 0 Å². The van der Waals surface area contributed by atoms with Crippen molar-refractivity contribution in [3.8, 4) is 16.8 Å². The molecule has 0 spiro atoms. The maximum Gasteiger partial charge on any atom is 0.263 e. The molecule has 0 aliphatic carbocycles. The molecule has 46 heavy (non-hydrogen) atoms. The lowest BCUT2D eigenvalue weighted by molar-refractivity contribution is 0.669. The Hall–Kier alpha value is -6.19. The summed E-state index contributed by atoms with van der Waals surface area (Å²) in [6.07, 6.45) is 0. The first-order valence-electron chi connectivity index (χ1n) is 15.6. The van der Waals surface area contributed by atoms with Crippen molar-refractivity contribution in [3.63, 3.8) is 0 Å². The highest BCUT2D eigenvalue weighted by Crippen LogP contribution is 2.39. The Morgan fingerprint density at radius 2 is 1.02 bits per heavy atom. The predicted molar refractivity (Wildman–Crippen MR) is 192 cm³/mol. The second-order valence-electron chi connectivity index (χ2n) is 12.1. The fourth-order valence-corrected chi connectivity index (χ4v) is 7.39. The minimum atomic E-state index is -0.0303. The van der Waals surface area contributed by atoms with Crippen molar-refractivity contribution in [3.05, 3.63) is 162 Å². The first kappa shape index (κ1) is 25.2. The van der Waals surface area contributed by atoms with E-state index in [2.05, 4.69) is 97.1 Å². The van der Waals surface area contributed by atoms with Crippen molar-refractivity contribution in [2.24, 2.45) is 0 Å². The highest BCUT2D eigenvalue weighted by Gasteiger charge is 2.16. The van der Waals surface area contributed by atoms with E-state index in [4.69, 9.17) is 4.42 Å². The topological polar surface area (TPSA) is 35.1 Å². The molecule has 0 saturated heterocycles. The normalized spacial score (nSPS) is 12.0. The van der Waals surface area contributed by atoms with Crippen LogP contribution in [0.25, 0.3) is 92.7 Å². The van der Waals surface area contributed by atoms with E-state index in [-0.39, 0.29) is 5.56 Å². The predicted octanol–water partition coefficient (Wildman–Crippen LogP) is 11.2. The molecule has 0 bridgehead atoms. The number of hydrogen-bond acceptors (Lipinski definition) is 2. The standard InChI is InChI=1S/C43H25NO2/c45-43-35-15-6-5-13-33(35)34-14-7-8-16-40(34)44(43)30-18-20-42-39(25-30)38-23-28(17-19-41(38)46-42)36-24-29-21-26-9-1-2-10-27(26)22-37(29)32-12-4-3-11-31(32)36/h1-25H.